The van der Waals surface area contributed by atoms with Gasteiger partial charge in [-0.1, -0.05) is 31.5 Å². The van der Waals surface area contributed by atoms with E-state index < -0.39 is 0 Å². The monoisotopic (exact) mass is 337 g/mol. The second-order valence-corrected chi connectivity index (χ2v) is 6.13. The maximum absolute atomic E-state index is 12.8. The fourth-order valence-electron chi connectivity index (χ4n) is 3.03. The normalized spacial score (nSPS) is 10.9. The number of hydrogen-bond acceptors (Lipinski definition) is 3. The predicted molar refractivity (Wildman–Crippen MR) is 98.2 cm³/mol. The highest BCUT2D eigenvalue weighted by Crippen LogP contribution is 2.23. The zero-order valence-corrected chi connectivity index (χ0v) is 15.1. The number of nitrogens with one attached hydrogen (secondary N) is 1. The SMILES string of the molecule is CCCc1c(NC(=O)c2c(C)nn(C)c2C)cnn1-c1ccccc1. The number of para-hydroxylation sites is 1. The summed E-state index contributed by atoms with van der Waals surface area (Å²) in [6.07, 6.45) is 3.51. The van der Waals surface area contributed by atoms with E-state index in [1.165, 1.54) is 0 Å². The lowest BCUT2D eigenvalue weighted by molar-refractivity contribution is 0.102. The number of rotatable bonds is 5. The van der Waals surface area contributed by atoms with E-state index in [2.05, 4.69) is 22.4 Å². The molecule has 0 radical (unpaired) electrons. The first-order valence-corrected chi connectivity index (χ1v) is 8.46. The lowest BCUT2D eigenvalue weighted by Gasteiger charge is -2.10. The van der Waals surface area contributed by atoms with Crippen LogP contribution in [0.15, 0.2) is 36.5 Å². The lowest BCUT2D eigenvalue weighted by atomic mass is 10.1. The van der Waals surface area contributed by atoms with Gasteiger partial charge in [0.05, 0.1) is 34.5 Å². The van der Waals surface area contributed by atoms with Crippen LogP contribution >= 0.6 is 0 Å². The highest BCUT2D eigenvalue weighted by atomic mass is 16.1. The molecule has 0 saturated carbocycles. The van der Waals surface area contributed by atoms with Gasteiger partial charge in [-0.05, 0) is 32.4 Å². The first-order chi connectivity index (χ1) is 12.0. The summed E-state index contributed by atoms with van der Waals surface area (Å²) < 4.78 is 3.62. The van der Waals surface area contributed by atoms with Crippen LogP contribution in [0.2, 0.25) is 0 Å². The maximum Gasteiger partial charge on any atom is 0.259 e. The summed E-state index contributed by atoms with van der Waals surface area (Å²) in [5.74, 6) is -0.145. The summed E-state index contributed by atoms with van der Waals surface area (Å²) in [6.45, 7) is 5.86. The highest BCUT2D eigenvalue weighted by molar-refractivity contribution is 6.06. The molecule has 0 spiro atoms. The molecule has 2 aromatic heterocycles. The van der Waals surface area contributed by atoms with Gasteiger partial charge < -0.3 is 5.32 Å². The molecule has 130 valence electrons. The van der Waals surface area contributed by atoms with Gasteiger partial charge in [-0.15, -0.1) is 0 Å². The Morgan fingerprint density at radius 3 is 2.52 bits per heavy atom. The number of carbonyl (C=O) groups is 1. The van der Waals surface area contributed by atoms with Crippen LogP contribution in [0.25, 0.3) is 5.69 Å². The van der Waals surface area contributed by atoms with E-state index in [1.807, 2.05) is 55.9 Å². The van der Waals surface area contributed by atoms with Crippen molar-refractivity contribution in [1.82, 2.24) is 19.6 Å². The van der Waals surface area contributed by atoms with Gasteiger partial charge in [-0.3, -0.25) is 9.48 Å². The molecule has 0 aliphatic rings. The van der Waals surface area contributed by atoms with E-state index in [9.17, 15) is 4.79 Å². The Bertz CT molecular complexity index is 892. The Morgan fingerprint density at radius 1 is 1.20 bits per heavy atom. The van der Waals surface area contributed by atoms with Crippen molar-refractivity contribution in [2.45, 2.75) is 33.6 Å². The molecule has 3 rings (SSSR count). The molecular formula is C19H23N5O. The largest absolute Gasteiger partial charge is 0.319 e. The van der Waals surface area contributed by atoms with Crippen LogP contribution < -0.4 is 5.32 Å². The molecule has 0 atom stereocenters. The van der Waals surface area contributed by atoms with Crippen molar-refractivity contribution in [1.29, 1.82) is 0 Å². The zero-order valence-electron chi connectivity index (χ0n) is 15.1. The molecule has 0 fully saturated rings. The molecule has 1 aromatic carbocycles. The Hall–Kier alpha value is -2.89. The van der Waals surface area contributed by atoms with Gasteiger partial charge in [0.1, 0.15) is 0 Å². The van der Waals surface area contributed by atoms with Gasteiger partial charge in [0, 0.05) is 12.7 Å². The van der Waals surface area contributed by atoms with Crippen LogP contribution in [-0.2, 0) is 13.5 Å². The minimum absolute atomic E-state index is 0.145. The minimum atomic E-state index is -0.145. The molecule has 2 heterocycles. The predicted octanol–water partition coefficient (Wildman–Crippen LogP) is 3.43. The Morgan fingerprint density at radius 2 is 1.92 bits per heavy atom. The molecule has 1 amide bonds. The number of hydrogen-bond donors (Lipinski definition) is 1. The van der Waals surface area contributed by atoms with Gasteiger partial charge in [-0.25, -0.2) is 4.68 Å². The topological polar surface area (TPSA) is 64.7 Å². The molecule has 6 nitrogen and oxygen atoms in total. The summed E-state index contributed by atoms with van der Waals surface area (Å²) in [5.41, 5.74) is 4.93. The molecule has 0 saturated heterocycles. The number of carbonyl (C=O) groups excluding carboxylic acids is 1. The van der Waals surface area contributed by atoms with Crippen LogP contribution in [0.1, 0.15) is 40.8 Å². The second kappa shape index (κ2) is 6.93. The molecule has 0 bridgehead atoms. The smallest absolute Gasteiger partial charge is 0.259 e. The average Bonchev–Trinajstić information content (AvgIpc) is 3.09. The van der Waals surface area contributed by atoms with Crippen LogP contribution in [0.4, 0.5) is 5.69 Å². The molecule has 1 N–H and O–H groups in total. The molecular weight excluding hydrogens is 314 g/mol. The van der Waals surface area contributed by atoms with Crippen LogP contribution in [-0.4, -0.2) is 25.5 Å². The summed E-state index contributed by atoms with van der Waals surface area (Å²) in [7, 11) is 1.84. The van der Waals surface area contributed by atoms with Crippen LogP contribution in [0, 0.1) is 13.8 Å². The van der Waals surface area contributed by atoms with Crippen molar-refractivity contribution in [2.24, 2.45) is 7.05 Å². The van der Waals surface area contributed by atoms with E-state index in [0.29, 0.717) is 5.56 Å². The minimum Gasteiger partial charge on any atom is -0.319 e. The zero-order chi connectivity index (χ0) is 18.0. The van der Waals surface area contributed by atoms with Crippen molar-refractivity contribution in [2.75, 3.05) is 5.32 Å². The summed E-state index contributed by atoms with van der Waals surface area (Å²) in [6, 6.07) is 9.95. The van der Waals surface area contributed by atoms with E-state index in [-0.39, 0.29) is 5.91 Å². The molecule has 0 aliphatic carbocycles. The Labute approximate surface area is 147 Å². The molecule has 0 aliphatic heterocycles. The average molecular weight is 337 g/mol. The van der Waals surface area contributed by atoms with Gasteiger partial charge in [0.25, 0.3) is 5.91 Å². The molecule has 0 unspecified atom stereocenters. The van der Waals surface area contributed by atoms with Crippen LogP contribution in [0.3, 0.4) is 0 Å². The van der Waals surface area contributed by atoms with Crippen LogP contribution in [0.5, 0.6) is 0 Å². The van der Waals surface area contributed by atoms with Crippen molar-refractivity contribution in [3.63, 3.8) is 0 Å². The number of aromatic nitrogens is 4. The van der Waals surface area contributed by atoms with Crippen molar-refractivity contribution < 1.29 is 4.79 Å². The quantitative estimate of drug-likeness (QED) is 0.776. The standard InChI is InChI=1S/C19H23N5O/c1-5-9-17-16(12-20-24(17)15-10-7-6-8-11-15)21-19(25)18-13(2)22-23(4)14(18)3/h6-8,10-12H,5,9H2,1-4H3,(H,21,25). The number of aryl methyl sites for hydroxylation is 2. The number of benzene rings is 1. The van der Waals surface area contributed by atoms with E-state index in [4.69, 9.17) is 0 Å². The van der Waals surface area contributed by atoms with Crippen molar-refractivity contribution in [3.8, 4) is 5.69 Å². The molecule has 25 heavy (non-hydrogen) atoms. The summed E-state index contributed by atoms with van der Waals surface area (Å²) in [4.78, 5) is 12.8. The number of nitrogens with zero attached hydrogens (tertiary/aromatic N) is 4. The first kappa shape index (κ1) is 17.0. The van der Waals surface area contributed by atoms with E-state index >= 15 is 0 Å². The van der Waals surface area contributed by atoms with Gasteiger partial charge in [0.2, 0.25) is 0 Å². The maximum atomic E-state index is 12.8. The van der Waals surface area contributed by atoms with Gasteiger partial charge in [-0.2, -0.15) is 10.2 Å². The summed E-state index contributed by atoms with van der Waals surface area (Å²) >= 11 is 0. The van der Waals surface area contributed by atoms with E-state index in [1.54, 1.807) is 10.9 Å². The third kappa shape index (κ3) is 3.20. The fraction of sp³-hybridized carbons (Fsp3) is 0.316. The Balaban J connectivity index is 1.95. The number of amides is 1. The Kier molecular flexibility index (Phi) is 4.70. The highest BCUT2D eigenvalue weighted by Gasteiger charge is 2.20. The molecule has 6 heteroatoms. The fourth-order valence-corrected chi connectivity index (χ4v) is 3.03. The first-order valence-electron chi connectivity index (χ1n) is 8.46. The second-order valence-electron chi connectivity index (χ2n) is 6.13. The van der Waals surface area contributed by atoms with Gasteiger partial charge >= 0.3 is 0 Å². The van der Waals surface area contributed by atoms with Gasteiger partial charge in [0.15, 0.2) is 0 Å². The molecule has 3 aromatic rings. The summed E-state index contributed by atoms with van der Waals surface area (Å²) in [5, 5.41) is 11.8. The lowest BCUT2D eigenvalue weighted by Crippen LogP contribution is -2.15. The van der Waals surface area contributed by atoms with Crippen molar-refractivity contribution >= 4 is 11.6 Å². The third-order valence-electron chi connectivity index (χ3n) is 4.34. The van der Waals surface area contributed by atoms with Crippen molar-refractivity contribution in [3.05, 3.63) is 59.2 Å². The van der Waals surface area contributed by atoms with E-state index in [0.717, 1.165) is 41.3 Å². The third-order valence-corrected chi connectivity index (χ3v) is 4.34. The number of anilines is 1.